The average molecular weight is 357 g/mol. The highest BCUT2D eigenvalue weighted by Crippen LogP contribution is 2.32. The Labute approximate surface area is 154 Å². The lowest BCUT2D eigenvalue weighted by Gasteiger charge is -2.26. The van der Waals surface area contributed by atoms with Gasteiger partial charge in [0.2, 0.25) is 0 Å². The lowest BCUT2D eigenvalue weighted by Crippen LogP contribution is -2.44. The highest BCUT2D eigenvalue weighted by atomic mass is 16.5. The highest BCUT2D eigenvalue weighted by Gasteiger charge is 2.34. The first kappa shape index (κ1) is 18.7. The maximum atomic E-state index is 12.5. The summed E-state index contributed by atoms with van der Waals surface area (Å²) < 4.78 is 5.16. The van der Waals surface area contributed by atoms with Gasteiger partial charge in [0.05, 0.1) is 13.7 Å². The topological polar surface area (TPSA) is 71.0 Å². The lowest BCUT2D eigenvalue weighted by molar-refractivity contribution is -0.133. The first-order chi connectivity index (χ1) is 12.7. The number of nitrogens with zero attached hydrogens (tertiary/aromatic N) is 2. The van der Waals surface area contributed by atoms with E-state index in [0.717, 1.165) is 44.0 Å². The first-order valence-corrected chi connectivity index (χ1v) is 9.30. The number of hydrogen-bond acceptors (Lipinski definition) is 6. The molecule has 0 amide bonds. The van der Waals surface area contributed by atoms with Crippen molar-refractivity contribution in [2.75, 3.05) is 46.4 Å². The molecule has 6 nitrogen and oxygen atoms in total. The van der Waals surface area contributed by atoms with Crippen LogP contribution in [0.25, 0.3) is 0 Å². The second-order valence-corrected chi connectivity index (χ2v) is 6.94. The standard InChI is InChI=1S/C20H27N3O3/c1-26-17-4-2-15(3-5-17)16-12-19(24)18(20(25)13-16)14-22-8-11-23-9-6-21-7-10-23/h2-5,14,16,18,21H,6-13H2,1H3. The smallest absolute Gasteiger partial charge is 0.149 e. The molecule has 6 heteroatoms. The van der Waals surface area contributed by atoms with Crippen LogP contribution in [0.3, 0.4) is 0 Å². The van der Waals surface area contributed by atoms with Gasteiger partial charge >= 0.3 is 0 Å². The summed E-state index contributed by atoms with van der Waals surface area (Å²) in [5.41, 5.74) is 1.02. The summed E-state index contributed by atoms with van der Waals surface area (Å²) in [4.78, 5) is 31.6. The minimum atomic E-state index is -0.660. The van der Waals surface area contributed by atoms with Gasteiger partial charge in [-0.3, -0.25) is 19.5 Å². The van der Waals surface area contributed by atoms with E-state index < -0.39 is 5.92 Å². The molecule has 2 fully saturated rings. The molecule has 1 aliphatic heterocycles. The number of carbonyl (C=O) groups excluding carboxylic acids is 2. The fourth-order valence-electron chi connectivity index (χ4n) is 3.58. The molecular weight excluding hydrogens is 330 g/mol. The number of methoxy groups -OCH3 is 1. The normalized spacial score (nSPS) is 25.0. The number of piperazine rings is 1. The van der Waals surface area contributed by atoms with Gasteiger partial charge in [-0.05, 0) is 23.6 Å². The monoisotopic (exact) mass is 357 g/mol. The Balaban J connectivity index is 1.52. The van der Waals surface area contributed by atoms with E-state index in [-0.39, 0.29) is 17.5 Å². The molecule has 26 heavy (non-hydrogen) atoms. The third-order valence-corrected chi connectivity index (χ3v) is 5.19. The quantitative estimate of drug-likeness (QED) is 0.614. The fraction of sp³-hybridized carbons (Fsp3) is 0.550. The van der Waals surface area contributed by atoms with Gasteiger partial charge in [0, 0.05) is 51.8 Å². The van der Waals surface area contributed by atoms with Crippen molar-refractivity contribution in [1.82, 2.24) is 10.2 Å². The number of aliphatic imine (C=N–C) groups is 1. The van der Waals surface area contributed by atoms with E-state index in [1.54, 1.807) is 13.3 Å². The minimum Gasteiger partial charge on any atom is -0.497 e. The molecule has 1 saturated heterocycles. The minimum absolute atomic E-state index is 0.0204. The van der Waals surface area contributed by atoms with Crippen LogP contribution in [-0.4, -0.2) is 69.1 Å². The molecular formula is C20H27N3O3. The maximum absolute atomic E-state index is 12.5. The molecule has 3 rings (SSSR count). The number of carbonyl (C=O) groups is 2. The summed E-state index contributed by atoms with van der Waals surface area (Å²) in [5, 5.41) is 3.32. The van der Waals surface area contributed by atoms with Gasteiger partial charge in [0.25, 0.3) is 0 Å². The number of nitrogens with one attached hydrogen (secondary N) is 1. The predicted molar refractivity (Wildman–Crippen MR) is 101 cm³/mol. The van der Waals surface area contributed by atoms with Crippen LogP contribution in [0.4, 0.5) is 0 Å². The number of benzene rings is 1. The van der Waals surface area contributed by atoms with Crippen LogP contribution in [0.2, 0.25) is 0 Å². The number of Topliss-reactive ketones (excluding diaryl/α,β-unsaturated/α-hetero) is 2. The van der Waals surface area contributed by atoms with E-state index in [1.165, 1.54) is 0 Å². The van der Waals surface area contributed by atoms with Crippen molar-refractivity contribution in [3.8, 4) is 5.75 Å². The summed E-state index contributed by atoms with van der Waals surface area (Å²) in [6, 6.07) is 7.61. The second-order valence-electron chi connectivity index (χ2n) is 6.94. The molecule has 2 aliphatic rings. The Morgan fingerprint density at radius 3 is 2.42 bits per heavy atom. The molecule has 1 aromatic rings. The number of rotatable bonds is 6. The number of ether oxygens (including phenoxy) is 1. The Bertz CT molecular complexity index is 633. The summed E-state index contributed by atoms with van der Waals surface area (Å²) >= 11 is 0. The summed E-state index contributed by atoms with van der Waals surface area (Å²) in [7, 11) is 1.62. The first-order valence-electron chi connectivity index (χ1n) is 9.30. The molecule has 0 unspecified atom stereocenters. The molecule has 1 saturated carbocycles. The Hall–Kier alpha value is -2.05. The van der Waals surface area contributed by atoms with Crippen LogP contribution < -0.4 is 10.1 Å². The van der Waals surface area contributed by atoms with Gasteiger partial charge in [0.1, 0.15) is 23.2 Å². The molecule has 0 aromatic heterocycles. The largest absolute Gasteiger partial charge is 0.497 e. The van der Waals surface area contributed by atoms with Crippen LogP contribution in [-0.2, 0) is 9.59 Å². The lowest BCUT2D eigenvalue weighted by atomic mass is 9.77. The Morgan fingerprint density at radius 1 is 1.15 bits per heavy atom. The van der Waals surface area contributed by atoms with E-state index >= 15 is 0 Å². The van der Waals surface area contributed by atoms with Crippen LogP contribution in [0.5, 0.6) is 5.75 Å². The van der Waals surface area contributed by atoms with E-state index in [9.17, 15) is 9.59 Å². The molecule has 1 heterocycles. The van der Waals surface area contributed by atoms with Crippen LogP contribution in [0.15, 0.2) is 29.3 Å². The van der Waals surface area contributed by atoms with Gasteiger partial charge in [-0.1, -0.05) is 12.1 Å². The van der Waals surface area contributed by atoms with Crippen molar-refractivity contribution in [3.05, 3.63) is 29.8 Å². The number of hydrogen-bond donors (Lipinski definition) is 1. The van der Waals surface area contributed by atoms with Gasteiger partial charge < -0.3 is 10.1 Å². The van der Waals surface area contributed by atoms with E-state index in [1.807, 2.05) is 24.3 Å². The number of ketones is 2. The van der Waals surface area contributed by atoms with Gasteiger partial charge in [0.15, 0.2) is 0 Å². The molecule has 0 bridgehead atoms. The molecule has 0 radical (unpaired) electrons. The third kappa shape index (κ3) is 4.77. The van der Waals surface area contributed by atoms with Gasteiger partial charge in [-0.2, -0.15) is 0 Å². The highest BCUT2D eigenvalue weighted by molar-refractivity contribution is 6.16. The average Bonchev–Trinajstić information content (AvgIpc) is 2.67. The zero-order valence-electron chi connectivity index (χ0n) is 15.3. The van der Waals surface area contributed by atoms with Crippen molar-refractivity contribution in [3.63, 3.8) is 0 Å². The summed E-state index contributed by atoms with van der Waals surface area (Å²) in [6.07, 6.45) is 2.37. The van der Waals surface area contributed by atoms with Gasteiger partial charge in [-0.15, -0.1) is 0 Å². The Morgan fingerprint density at radius 2 is 1.81 bits per heavy atom. The van der Waals surface area contributed by atoms with Crippen molar-refractivity contribution in [2.24, 2.45) is 10.9 Å². The molecule has 0 spiro atoms. The van der Waals surface area contributed by atoms with Crippen molar-refractivity contribution < 1.29 is 14.3 Å². The summed E-state index contributed by atoms with van der Waals surface area (Å²) in [5.74, 6) is 0.0385. The van der Waals surface area contributed by atoms with Crippen LogP contribution in [0.1, 0.15) is 24.3 Å². The second kappa shape index (κ2) is 9.05. The maximum Gasteiger partial charge on any atom is 0.149 e. The summed E-state index contributed by atoms with van der Waals surface area (Å²) in [6.45, 7) is 5.59. The SMILES string of the molecule is COc1ccc(C2CC(=O)C(C=NCCN3CCNCC3)C(=O)C2)cc1. The fourth-order valence-corrected chi connectivity index (χ4v) is 3.58. The van der Waals surface area contributed by atoms with E-state index in [4.69, 9.17) is 4.74 Å². The Kier molecular flexibility index (Phi) is 6.52. The van der Waals surface area contributed by atoms with E-state index in [0.29, 0.717) is 19.4 Å². The third-order valence-electron chi connectivity index (χ3n) is 5.19. The van der Waals surface area contributed by atoms with Crippen molar-refractivity contribution in [1.29, 1.82) is 0 Å². The molecule has 1 aliphatic carbocycles. The van der Waals surface area contributed by atoms with Gasteiger partial charge in [-0.25, -0.2) is 0 Å². The zero-order valence-corrected chi connectivity index (χ0v) is 15.3. The molecule has 1 N–H and O–H groups in total. The van der Waals surface area contributed by atoms with Crippen LogP contribution in [0, 0.1) is 5.92 Å². The molecule has 1 aromatic carbocycles. The predicted octanol–water partition coefficient (Wildman–Crippen LogP) is 1.30. The molecule has 140 valence electrons. The van der Waals surface area contributed by atoms with E-state index in [2.05, 4.69) is 15.2 Å². The van der Waals surface area contributed by atoms with Crippen molar-refractivity contribution >= 4 is 17.8 Å². The van der Waals surface area contributed by atoms with Crippen molar-refractivity contribution in [2.45, 2.75) is 18.8 Å². The zero-order chi connectivity index (χ0) is 18.4. The molecule has 0 atom stereocenters. The van der Waals surface area contributed by atoms with Crippen LogP contribution >= 0.6 is 0 Å².